The highest BCUT2D eigenvalue weighted by Gasteiger charge is 2.19. The third-order valence-electron chi connectivity index (χ3n) is 2.21. The normalized spacial score (nSPS) is 12.6. The van der Waals surface area contributed by atoms with Crippen LogP contribution in [0.5, 0.6) is 11.5 Å². The molecule has 1 aromatic rings. The molecule has 4 nitrogen and oxygen atoms in total. The van der Waals surface area contributed by atoms with Crippen LogP contribution in [0.2, 0.25) is 0 Å². The van der Waals surface area contributed by atoms with Gasteiger partial charge in [0, 0.05) is 12.1 Å². The number of halogens is 1. The minimum Gasteiger partial charge on any atom is -0.504 e. The summed E-state index contributed by atoms with van der Waals surface area (Å²) in [6, 6.07) is 1.54. The van der Waals surface area contributed by atoms with E-state index in [2.05, 4.69) is 15.9 Å². The molecule has 84 valence electrons. The Bertz CT molecular complexity index is 368. The van der Waals surface area contributed by atoms with Gasteiger partial charge in [-0.1, -0.05) is 0 Å². The van der Waals surface area contributed by atoms with E-state index in [9.17, 15) is 10.2 Å². The zero-order chi connectivity index (χ0) is 11.6. The minimum atomic E-state index is -0.770. The number of nitrogens with two attached hydrogens (primary N) is 1. The number of aliphatic hydroxyl groups is 1. The van der Waals surface area contributed by atoms with Crippen molar-refractivity contribution in [1.82, 2.24) is 0 Å². The lowest BCUT2D eigenvalue weighted by Crippen LogP contribution is -2.13. The molecule has 0 saturated carbocycles. The third-order valence-corrected chi connectivity index (χ3v) is 2.99. The summed E-state index contributed by atoms with van der Waals surface area (Å²) in [5.41, 5.74) is 6.80. The summed E-state index contributed by atoms with van der Waals surface area (Å²) >= 11 is 3.28. The van der Waals surface area contributed by atoms with E-state index in [-0.39, 0.29) is 12.3 Å². The second kappa shape index (κ2) is 4.83. The molecular formula is C10H14BrNO3. The summed E-state index contributed by atoms with van der Waals surface area (Å²) in [5, 5.41) is 19.3. The number of aryl methyl sites for hydroxylation is 1. The van der Waals surface area contributed by atoms with Crippen LogP contribution < -0.4 is 10.5 Å². The third kappa shape index (κ3) is 2.25. The van der Waals surface area contributed by atoms with Gasteiger partial charge in [-0.25, -0.2) is 0 Å². The maximum absolute atomic E-state index is 9.71. The van der Waals surface area contributed by atoms with Gasteiger partial charge in [0.15, 0.2) is 11.5 Å². The van der Waals surface area contributed by atoms with Crippen molar-refractivity contribution < 1.29 is 14.9 Å². The number of ether oxygens (including phenoxy) is 1. The lowest BCUT2D eigenvalue weighted by molar-refractivity contribution is 0.184. The zero-order valence-corrected chi connectivity index (χ0v) is 10.2. The number of aliphatic hydroxyl groups excluding tert-OH is 1. The molecule has 1 unspecified atom stereocenters. The van der Waals surface area contributed by atoms with Crippen LogP contribution in [0.1, 0.15) is 17.2 Å². The molecular weight excluding hydrogens is 262 g/mol. The van der Waals surface area contributed by atoms with Crippen molar-refractivity contribution >= 4 is 15.9 Å². The number of hydrogen-bond donors (Lipinski definition) is 3. The monoisotopic (exact) mass is 275 g/mol. The Morgan fingerprint density at radius 2 is 2.20 bits per heavy atom. The van der Waals surface area contributed by atoms with Gasteiger partial charge in [-0.3, -0.25) is 0 Å². The van der Waals surface area contributed by atoms with E-state index in [1.54, 1.807) is 6.92 Å². The number of benzene rings is 1. The summed E-state index contributed by atoms with van der Waals surface area (Å²) in [4.78, 5) is 0. The highest BCUT2D eigenvalue weighted by molar-refractivity contribution is 9.10. The van der Waals surface area contributed by atoms with Gasteiger partial charge in [0.25, 0.3) is 0 Å². The van der Waals surface area contributed by atoms with Crippen LogP contribution in [0.3, 0.4) is 0 Å². The van der Waals surface area contributed by atoms with Gasteiger partial charge in [-0.05, 0) is 34.5 Å². The largest absolute Gasteiger partial charge is 0.504 e. The average Bonchev–Trinajstić information content (AvgIpc) is 2.17. The molecule has 0 bridgehead atoms. The van der Waals surface area contributed by atoms with Crippen molar-refractivity contribution in [3.63, 3.8) is 0 Å². The Balaban J connectivity index is 3.38. The fraction of sp³-hybridized carbons (Fsp3) is 0.400. The predicted octanol–water partition coefficient (Wildman–Crippen LogP) is 1.46. The average molecular weight is 276 g/mol. The lowest BCUT2D eigenvalue weighted by Gasteiger charge is -2.17. The van der Waals surface area contributed by atoms with Crippen molar-refractivity contribution in [3.05, 3.63) is 21.7 Å². The molecule has 0 spiro atoms. The van der Waals surface area contributed by atoms with Crippen LogP contribution in [0.4, 0.5) is 0 Å². The number of phenols is 1. The molecule has 5 heteroatoms. The van der Waals surface area contributed by atoms with Gasteiger partial charge in [0.1, 0.15) is 0 Å². The second-order valence-electron chi connectivity index (χ2n) is 3.22. The van der Waals surface area contributed by atoms with Crippen molar-refractivity contribution in [2.24, 2.45) is 5.73 Å². The summed E-state index contributed by atoms with van der Waals surface area (Å²) in [6.07, 6.45) is -0.770. The Morgan fingerprint density at radius 3 is 2.67 bits per heavy atom. The van der Waals surface area contributed by atoms with Gasteiger partial charge in [0.05, 0.1) is 17.7 Å². The van der Waals surface area contributed by atoms with E-state index in [0.29, 0.717) is 15.8 Å². The molecule has 0 saturated heterocycles. The molecule has 0 amide bonds. The molecule has 0 radical (unpaired) electrons. The fourth-order valence-corrected chi connectivity index (χ4v) is 2.42. The Hall–Kier alpha value is -0.780. The van der Waals surface area contributed by atoms with Gasteiger partial charge in [-0.2, -0.15) is 0 Å². The molecule has 0 fully saturated rings. The first-order valence-electron chi connectivity index (χ1n) is 4.47. The highest BCUT2D eigenvalue weighted by Crippen LogP contribution is 2.41. The zero-order valence-electron chi connectivity index (χ0n) is 8.62. The number of rotatable bonds is 3. The summed E-state index contributed by atoms with van der Waals surface area (Å²) in [7, 11) is 1.45. The Labute approximate surface area is 96.8 Å². The topological polar surface area (TPSA) is 75.7 Å². The first-order chi connectivity index (χ1) is 7.02. The maximum Gasteiger partial charge on any atom is 0.175 e. The smallest absolute Gasteiger partial charge is 0.175 e. The van der Waals surface area contributed by atoms with Gasteiger partial charge < -0.3 is 20.7 Å². The molecule has 1 rings (SSSR count). The van der Waals surface area contributed by atoms with E-state index >= 15 is 0 Å². The van der Waals surface area contributed by atoms with Crippen LogP contribution in [-0.4, -0.2) is 23.9 Å². The van der Waals surface area contributed by atoms with Crippen LogP contribution >= 0.6 is 15.9 Å². The summed E-state index contributed by atoms with van der Waals surface area (Å²) in [5.74, 6) is 0.345. The van der Waals surface area contributed by atoms with Crippen molar-refractivity contribution in [3.8, 4) is 11.5 Å². The van der Waals surface area contributed by atoms with Crippen molar-refractivity contribution in [2.75, 3.05) is 13.7 Å². The molecule has 0 heterocycles. The quantitative estimate of drug-likeness (QED) is 0.781. The maximum atomic E-state index is 9.71. The van der Waals surface area contributed by atoms with E-state index in [4.69, 9.17) is 10.5 Å². The number of hydrogen-bond acceptors (Lipinski definition) is 4. The molecule has 4 N–H and O–H groups in total. The first-order valence-corrected chi connectivity index (χ1v) is 5.26. The van der Waals surface area contributed by atoms with Crippen molar-refractivity contribution in [2.45, 2.75) is 13.0 Å². The fourth-order valence-electron chi connectivity index (χ4n) is 1.48. The number of phenolic OH excluding ortho intramolecular Hbond substituents is 1. The van der Waals surface area contributed by atoms with E-state index in [0.717, 1.165) is 5.56 Å². The molecule has 0 aliphatic heterocycles. The van der Waals surface area contributed by atoms with Crippen LogP contribution in [-0.2, 0) is 0 Å². The van der Waals surface area contributed by atoms with Crippen LogP contribution in [0.15, 0.2) is 10.5 Å². The molecule has 0 aliphatic rings. The van der Waals surface area contributed by atoms with Crippen LogP contribution in [0.25, 0.3) is 0 Å². The number of methoxy groups -OCH3 is 1. The molecule has 1 aromatic carbocycles. The number of aromatic hydroxyl groups is 1. The van der Waals surface area contributed by atoms with Crippen LogP contribution in [0, 0.1) is 6.92 Å². The van der Waals surface area contributed by atoms with E-state index < -0.39 is 6.10 Å². The first kappa shape index (κ1) is 12.3. The lowest BCUT2D eigenvalue weighted by atomic mass is 10.0. The highest BCUT2D eigenvalue weighted by atomic mass is 79.9. The van der Waals surface area contributed by atoms with Gasteiger partial charge >= 0.3 is 0 Å². The standard InChI is InChI=1S/C10H14BrNO3/c1-5-3-6(13)10(15-2)9(11)8(5)7(14)4-12/h3,7,13-14H,4,12H2,1-2H3. The van der Waals surface area contributed by atoms with Gasteiger partial charge in [0.2, 0.25) is 0 Å². The molecule has 0 aliphatic carbocycles. The van der Waals surface area contributed by atoms with E-state index in [1.165, 1.54) is 13.2 Å². The van der Waals surface area contributed by atoms with E-state index in [1.807, 2.05) is 0 Å². The molecule has 15 heavy (non-hydrogen) atoms. The van der Waals surface area contributed by atoms with Crippen molar-refractivity contribution in [1.29, 1.82) is 0 Å². The molecule has 1 atom stereocenters. The summed E-state index contributed by atoms with van der Waals surface area (Å²) in [6.45, 7) is 1.91. The van der Waals surface area contributed by atoms with Gasteiger partial charge in [-0.15, -0.1) is 0 Å². The Kier molecular flexibility index (Phi) is 3.96. The SMILES string of the molecule is COc1c(O)cc(C)c(C(O)CN)c1Br. The minimum absolute atomic E-state index is 0.0369. The predicted molar refractivity (Wildman–Crippen MR) is 61.1 cm³/mol. The molecule has 0 aromatic heterocycles. The summed E-state index contributed by atoms with van der Waals surface area (Å²) < 4.78 is 5.56. The second-order valence-corrected chi connectivity index (χ2v) is 4.02. The Morgan fingerprint density at radius 1 is 1.60 bits per heavy atom.